The van der Waals surface area contributed by atoms with Crippen molar-refractivity contribution < 1.29 is 22.8 Å². The highest BCUT2D eigenvalue weighted by molar-refractivity contribution is 9.10. The van der Waals surface area contributed by atoms with Crippen molar-refractivity contribution in [1.29, 1.82) is 0 Å². The fraction of sp³-hybridized carbons (Fsp3) is 0.346. The molecule has 3 atom stereocenters. The van der Waals surface area contributed by atoms with Gasteiger partial charge in [-0.25, -0.2) is 15.0 Å². The smallest absolute Gasteiger partial charge is 0.383 e. The molecule has 1 aliphatic heterocycles. The van der Waals surface area contributed by atoms with E-state index >= 15 is 0 Å². The first-order chi connectivity index (χ1) is 18.4. The van der Waals surface area contributed by atoms with Crippen LogP contribution >= 0.6 is 15.9 Å². The quantitative estimate of drug-likeness (QED) is 0.330. The van der Waals surface area contributed by atoms with Gasteiger partial charge < -0.3 is 20.5 Å². The van der Waals surface area contributed by atoms with Gasteiger partial charge in [0.1, 0.15) is 40.8 Å². The molecule has 3 N–H and O–H groups in total. The molecule has 0 bridgehead atoms. The molecule has 3 aromatic heterocycles. The van der Waals surface area contributed by atoms with E-state index in [4.69, 9.17) is 5.73 Å². The van der Waals surface area contributed by atoms with Crippen LogP contribution in [0.2, 0.25) is 0 Å². The van der Waals surface area contributed by atoms with Gasteiger partial charge in [-0.3, -0.25) is 9.59 Å². The van der Waals surface area contributed by atoms with Gasteiger partial charge >= 0.3 is 6.18 Å². The first-order valence-corrected chi connectivity index (χ1v) is 13.1. The molecule has 0 radical (unpaired) electrons. The minimum absolute atomic E-state index is 0.0207. The topological polar surface area (TPSA) is 119 Å². The van der Waals surface area contributed by atoms with Crippen molar-refractivity contribution in [2.24, 2.45) is 5.92 Å². The van der Waals surface area contributed by atoms with Gasteiger partial charge in [-0.2, -0.15) is 13.2 Å². The highest BCUT2D eigenvalue weighted by Gasteiger charge is 2.56. The van der Waals surface area contributed by atoms with Gasteiger partial charge in [0, 0.05) is 11.4 Å². The summed E-state index contributed by atoms with van der Waals surface area (Å²) in [6.45, 7) is 3.22. The van der Waals surface area contributed by atoms with Gasteiger partial charge in [0.05, 0.1) is 16.5 Å². The number of nitrogens with one attached hydrogen (secondary N) is 1. The van der Waals surface area contributed by atoms with Crippen LogP contribution in [0, 0.1) is 19.8 Å². The maximum Gasteiger partial charge on any atom is 0.416 e. The van der Waals surface area contributed by atoms with Gasteiger partial charge in [-0.05, 0) is 77.9 Å². The second-order valence-electron chi connectivity index (χ2n) is 10.1. The lowest BCUT2D eigenvalue weighted by molar-refractivity contribution is -0.138. The molecule has 6 rings (SSSR count). The predicted octanol–water partition coefficient (Wildman–Crippen LogP) is 4.59. The number of carbonyl (C=O) groups excluding carboxylic acids is 2. The van der Waals surface area contributed by atoms with Crippen molar-refractivity contribution in [3.8, 4) is 0 Å². The Balaban J connectivity index is 1.36. The highest BCUT2D eigenvalue weighted by atomic mass is 79.9. The molecule has 0 spiro atoms. The van der Waals surface area contributed by atoms with Crippen molar-refractivity contribution in [2.45, 2.75) is 51.5 Å². The molecule has 13 heteroatoms. The minimum atomic E-state index is -4.56. The average Bonchev–Trinajstić information content (AvgIpc) is 3.40. The molecule has 2 aliphatic rings. The number of nitrogen functional groups attached to an aromatic ring is 1. The zero-order valence-electron chi connectivity index (χ0n) is 20.9. The standard InChI is InChI=1S/C26H23BrF3N7O2/c1-11-3-4-18(34-22(11)27)35-25(39)17-7-13-6-16(13)37(17)19(38)9-36-21-12(2)5-14(26(28,29)30)8-15(21)20-23(31)32-10-33-24(20)36/h3-5,8,10,13,16-17H,6-7,9H2,1-2H3,(H2,31,32,33)(H,34,35,39)/t13-,16-,17+/m1/s1. The highest BCUT2D eigenvalue weighted by Crippen LogP contribution is 2.48. The largest absolute Gasteiger partial charge is 0.416 e. The zero-order valence-corrected chi connectivity index (χ0v) is 22.5. The van der Waals surface area contributed by atoms with E-state index in [1.165, 1.54) is 6.33 Å². The Hall–Kier alpha value is -3.74. The molecule has 1 saturated carbocycles. The van der Waals surface area contributed by atoms with Crippen LogP contribution in [-0.4, -0.2) is 48.3 Å². The third-order valence-electron chi connectivity index (χ3n) is 7.55. The third-order valence-corrected chi connectivity index (χ3v) is 8.36. The number of hydrogen-bond donors (Lipinski definition) is 2. The van der Waals surface area contributed by atoms with Gasteiger partial charge in [0.15, 0.2) is 0 Å². The molecule has 2 amide bonds. The van der Waals surface area contributed by atoms with E-state index in [-0.39, 0.29) is 52.6 Å². The van der Waals surface area contributed by atoms with E-state index in [9.17, 15) is 22.8 Å². The number of anilines is 2. The second-order valence-corrected chi connectivity index (χ2v) is 10.9. The number of nitrogens with two attached hydrogens (primary N) is 1. The van der Waals surface area contributed by atoms with Gasteiger partial charge in [-0.15, -0.1) is 0 Å². The zero-order chi connectivity index (χ0) is 27.8. The van der Waals surface area contributed by atoms with Crippen molar-refractivity contribution in [2.75, 3.05) is 11.1 Å². The number of halogens is 4. The van der Waals surface area contributed by atoms with E-state index in [1.54, 1.807) is 22.5 Å². The number of benzene rings is 1. The van der Waals surface area contributed by atoms with Crippen LogP contribution in [0.15, 0.2) is 35.2 Å². The summed E-state index contributed by atoms with van der Waals surface area (Å²) < 4.78 is 43.0. The maximum atomic E-state index is 13.8. The number of pyridine rings is 1. The number of carbonyl (C=O) groups is 2. The van der Waals surface area contributed by atoms with Crippen LogP contribution in [-0.2, 0) is 22.3 Å². The third kappa shape index (κ3) is 4.28. The molecule has 4 heterocycles. The Morgan fingerprint density at radius 1 is 1.15 bits per heavy atom. The van der Waals surface area contributed by atoms with Crippen molar-refractivity contribution >= 4 is 61.3 Å². The van der Waals surface area contributed by atoms with Crippen molar-refractivity contribution in [3.05, 3.63) is 51.9 Å². The number of fused-ring (bicyclic) bond motifs is 4. The fourth-order valence-corrected chi connectivity index (χ4v) is 5.98. The number of rotatable bonds is 4. The SMILES string of the molecule is Cc1ccc(NC(=O)[C@@H]2C[C@H]3C[C@H]3N2C(=O)Cn2c3ncnc(N)c3c3cc(C(F)(F)F)cc(C)c32)nc1Br. The van der Waals surface area contributed by atoms with E-state index in [1.807, 2.05) is 13.0 Å². The fourth-order valence-electron chi connectivity index (χ4n) is 5.65. The number of aromatic nitrogens is 4. The Bertz CT molecular complexity index is 1690. The Morgan fingerprint density at radius 3 is 2.64 bits per heavy atom. The van der Waals surface area contributed by atoms with Crippen LogP contribution in [0.25, 0.3) is 21.9 Å². The summed E-state index contributed by atoms with van der Waals surface area (Å²) in [6.07, 6.45) is -2.01. The lowest BCUT2D eigenvalue weighted by atomic mass is 10.1. The Kier molecular flexibility index (Phi) is 5.83. The van der Waals surface area contributed by atoms with Gasteiger partial charge in [0.25, 0.3) is 0 Å². The number of amides is 2. The lowest BCUT2D eigenvalue weighted by Gasteiger charge is -2.27. The number of likely N-dealkylation sites (tertiary alicyclic amines) is 1. The summed E-state index contributed by atoms with van der Waals surface area (Å²) in [6, 6.07) is 4.83. The lowest BCUT2D eigenvalue weighted by Crippen LogP contribution is -2.46. The molecule has 1 aliphatic carbocycles. The summed E-state index contributed by atoms with van der Waals surface area (Å²) in [7, 11) is 0. The van der Waals surface area contributed by atoms with E-state index < -0.39 is 17.8 Å². The van der Waals surface area contributed by atoms with E-state index in [0.29, 0.717) is 27.9 Å². The number of alkyl halides is 3. The van der Waals surface area contributed by atoms with Crippen LogP contribution < -0.4 is 11.1 Å². The summed E-state index contributed by atoms with van der Waals surface area (Å²) >= 11 is 3.36. The summed E-state index contributed by atoms with van der Waals surface area (Å²) in [4.78, 5) is 41.2. The van der Waals surface area contributed by atoms with Crippen LogP contribution in [0.5, 0.6) is 0 Å². The molecular formula is C26H23BrF3N7O2. The number of aryl methyl sites for hydroxylation is 2. The molecule has 39 heavy (non-hydrogen) atoms. The first kappa shape index (κ1) is 25.5. The molecule has 1 saturated heterocycles. The van der Waals surface area contributed by atoms with Gasteiger partial charge in [0.2, 0.25) is 11.8 Å². The monoisotopic (exact) mass is 601 g/mol. The predicted molar refractivity (Wildman–Crippen MR) is 142 cm³/mol. The molecule has 2 fully saturated rings. The van der Waals surface area contributed by atoms with Gasteiger partial charge in [-0.1, -0.05) is 6.07 Å². The van der Waals surface area contributed by atoms with Crippen LogP contribution in [0.1, 0.15) is 29.5 Å². The average molecular weight is 602 g/mol. The number of piperidine rings is 1. The van der Waals surface area contributed by atoms with Crippen molar-refractivity contribution in [3.63, 3.8) is 0 Å². The summed E-state index contributed by atoms with van der Waals surface area (Å²) in [5, 5.41) is 3.29. The second kappa shape index (κ2) is 8.90. The first-order valence-electron chi connectivity index (χ1n) is 12.3. The normalized spacial score (nSPS) is 20.5. The van der Waals surface area contributed by atoms with E-state index in [2.05, 4.69) is 36.2 Å². The van der Waals surface area contributed by atoms with E-state index in [0.717, 1.165) is 24.1 Å². The number of hydrogen-bond acceptors (Lipinski definition) is 6. The number of nitrogens with zero attached hydrogens (tertiary/aromatic N) is 5. The molecule has 202 valence electrons. The molecular weight excluding hydrogens is 579 g/mol. The summed E-state index contributed by atoms with van der Waals surface area (Å²) in [5.74, 6) is -0.0369. The summed E-state index contributed by atoms with van der Waals surface area (Å²) in [5.41, 5.74) is 7.17. The Morgan fingerprint density at radius 2 is 1.92 bits per heavy atom. The molecule has 0 unspecified atom stereocenters. The van der Waals surface area contributed by atoms with Crippen LogP contribution in [0.4, 0.5) is 24.8 Å². The molecule has 1 aromatic carbocycles. The molecule has 4 aromatic rings. The van der Waals surface area contributed by atoms with Crippen molar-refractivity contribution in [1.82, 2.24) is 24.4 Å². The Labute approximate surface area is 228 Å². The minimum Gasteiger partial charge on any atom is -0.383 e. The van der Waals surface area contributed by atoms with Crippen LogP contribution in [0.3, 0.4) is 0 Å². The molecule has 9 nitrogen and oxygen atoms in total. The maximum absolute atomic E-state index is 13.8.